The van der Waals surface area contributed by atoms with Gasteiger partial charge < -0.3 is 14.5 Å². The number of methoxy groups -OCH3 is 2. The molecule has 0 aliphatic rings. The van der Waals surface area contributed by atoms with Gasteiger partial charge in [0.25, 0.3) is 0 Å². The molecular formula is C15H14N2O3. The first-order valence-corrected chi connectivity index (χ1v) is 6.19. The standard InChI is InChI=1S/C15H14N2O3/c1-8(18)13-15-12(11(20-3)7-16-13)9-5-4-6-10(19-2)14(9)17-15/h4-7,17H,1-3H3. The Morgan fingerprint density at radius 3 is 2.55 bits per heavy atom. The van der Waals surface area contributed by atoms with Gasteiger partial charge in [-0.25, -0.2) is 4.98 Å². The molecule has 0 spiro atoms. The van der Waals surface area contributed by atoms with Crippen LogP contribution in [0.3, 0.4) is 0 Å². The fraction of sp³-hybridized carbons (Fsp3) is 0.200. The number of aromatic nitrogens is 2. The van der Waals surface area contributed by atoms with E-state index in [4.69, 9.17) is 9.47 Å². The third-order valence-corrected chi connectivity index (χ3v) is 3.36. The normalized spacial score (nSPS) is 10.9. The van der Waals surface area contributed by atoms with Gasteiger partial charge in [0.15, 0.2) is 5.78 Å². The van der Waals surface area contributed by atoms with Crippen molar-refractivity contribution in [3.05, 3.63) is 30.1 Å². The fourth-order valence-corrected chi connectivity index (χ4v) is 2.47. The van der Waals surface area contributed by atoms with Crippen LogP contribution < -0.4 is 9.47 Å². The zero-order chi connectivity index (χ0) is 14.3. The minimum absolute atomic E-state index is 0.0943. The summed E-state index contributed by atoms with van der Waals surface area (Å²) in [6.07, 6.45) is 1.58. The summed E-state index contributed by atoms with van der Waals surface area (Å²) in [7, 11) is 3.20. The lowest BCUT2D eigenvalue weighted by molar-refractivity contribution is 0.101. The highest BCUT2D eigenvalue weighted by molar-refractivity contribution is 6.17. The fourth-order valence-electron chi connectivity index (χ4n) is 2.47. The molecule has 0 unspecified atom stereocenters. The van der Waals surface area contributed by atoms with E-state index in [2.05, 4.69) is 9.97 Å². The molecule has 0 atom stereocenters. The third kappa shape index (κ3) is 1.63. The lowest BCUT2D eigenvalue weighted by atomic mass is 10.1. The Morgan fingerprint density at radius 2 is 1.90 bits per heavy atom. The van der Waals surface area contributed by atoms with Gasteiger partial charge in [-0.15, -0.1) is 0 Å². The van der Waals surface area contributed by atoms with E-state index in [9.17, 15) is 4.79 Å². The quantitative estimate of drug-likeness (QED) is 0.743. The van der Waals surface area contributed by atoms with E-state index in [1.165, 1.54) is 6.92 Å². The SMILES string of the molecule is COc1cccc2c1[nH]c1c(C(C)=O)ncc(OC)c12. The highest BCUT2D eigenvalue weighted by Crippen LogP contribution is 2.37. The van der Waals surface area contributed by atoms with Crippen molar-refractivity contribution in [1.29, 1.82) is 0 Å². The molecule has 0 saturated carbocycles. The molecule has 3 aromatic rings. The number of carbonyl (C=O) groups excluding carboxylic acids is 1. The number of pyridine rings is 1. The van der Waals surface area contributed by atoms with E-state index < -0.39 is 0 Å². The monoisotopic (exact) mass is 270 g/mol. The molecule has 2 aromatic heterocycles. The van der Waals surface area contributed by atoms with Crippen molar-refractivity contribution >= 4 is 27.6 Å². The highest BCUT2D eigenvalue weighted by atomic mass is 16.5. The summed E-state index contributed by atoms with van der Waals surface area (Å²) < 4.78 is 10.7. The Bertz CT molecular complexity index is 821. The largest absolute Gasteiger partial charge is 0.495 e. The average molecular weight is 270 g/mol. The number of carbonyl (C=O) groups is 1. The Hall–Kier alpha value is -2.56. The summed E-state index contributed by atoms with van der Waals surface area (Å²) in [4.78, 5) is 19.2. The van der Waals surface area contributed by atoms with Crippen LogP contribution in [0.4, 0.5) is 0 Å². The summed E-state index contributed by atoms with van der Waals surface area (Å²) in [6.45, 7) is 1.50. The molecular weight excluding hydrogens is 256 g/mol. The highest BCUT2D eigenvalue weighted by Gasteiger charge is 2.18. The van der Waals surface area contributed by atoms with Crippen LogP contribution in [0.2, 0.25) is 0 Å². The number of para-hydroxylation sites is 1. The third-order valence-electron chi connectivity index (χ3n) is 3.36. The first-order chi connectivity index (χ1) is 9.67. The van der Waals surface area contributed by atoms with E-state index in [0.717, 1.165) is 22.0 Å². The summed E-state index contributed by atoms with van der Waals surface area (Å²) in [5, 5.41) is 1.79. The van der Waals surface area contributed by atoms with E-state index in [-0.39, 0.29) is 5.78 Å². The van der Waals surface area contributed by atoms with Crippen LogP contribution in [-0.4, -0.2) is 30.0 Å². The number of rotatable bonds is 3. The average Bonchev–Trinajstić information content (AvgIpc) is 2.85. The Labute approximate surface area is 115 Å². The predicted molar refractivity (Wildman–Crippen MR) is 76.7 cm³/mol. The molecule has 0 bridgehead atoms. The van der Waals surface area contributed by atoms with Gasteiger partial charge in [-0.3, -0.25) is 4.79 Å². The van der Waals surface area contributed by atoms with Gasteiger partial charge in [0.2, 0.25) is 0 Å². The van der Waals surface area contributed by atoms with Crippen LogP contribution in [0.25, 0.3) is 21.8 Å². The van der Waals surface area contributed by atoms with Gasteiger partial charge in [0, 0.05) is 12.3 Å². The molecule has 5 nitrogen and oxygen atoms in total. The second-order valence-electron chi connectivity index (χ2n) is 4.49. The molecule has 1 aromatic carbocycles. The molecule has 3 rings (SSSR count). The number of Topliss-reactive ketones (excluding diaryl/α,β-unsaturated/α-hetero) is 1. The molecule has 0 amide bonds. The van der Waals surface area contributed by atoms with Gasteiger partial charge in [0.05, 0.1) is 36.8 Å². The van der Waals surface area contributed by atoms with E-state index in [1.54, 1.807) is 20.4 Å². The van der Waals surface area contributed by atoms with Crippen molar-refractivity contribution in [3.63, 3.8) is 0 Å². The molecule has 0 fully saturated rings. The number of aromatic amines is 1. The molecule has 5 heteroatoms. The summed E-state index contributed by atoms with van der Waals surface area (Å²) in [5.41, 5.74) is 1.91. The van der Waals surface area contributed by atoms with Gasteiger partial charge in [-0.2, -0.15) is 0 Å². The van der Waals surface area contributed by atoms with Crippen LogP contribution in [0.1, 0.15) is 17.4 Å². The number of hydrogen-bond acceptors (Lipinski definition) is 4. The van der Waals surface area contributed by atoms with Crippen LogP contribution in [-0.2, 0) is 0 Å². The van der Waals surface area contributed by atoms with Gasteiger partial charge >= 0.3 is 0 Å². The molecule has 0 radical (unpaired) electrons. The minimum Gasteiger partial charge on any atom is -0.495 e. The summed E-state index contributed by atoms with van der Waals surface area (Å²) in [5.74, 6) is 1.25. The van der Waals surface area contributed by atoms with E-state index >= 15 is 0 Å². The van der Waals surface area contributed by atoms with Crippen LogP contribution in [0.15, 0.2) is 24.4 Å². The molecule has 0 aliphatic heterocycles. The molecule has 0 saturated heterocycles. The maximum absolute atomic E-state index is 11.7. The predicted octanol–water partition coefficient (Wildman–Crippen LogP) is 2.94. The molecule has 20 heavy (non-hydrogen) atoms. The van der Waals surface area contributed by atoms with Crippen LogP contribution in [0.5, 0.6) is 11.5 Å². The van der Waals surface area contributed by atoms with Crippen molar-refractivity contribution in [3.8, 4) is 11.5 Å². The number of benzene rings is 1. The van der Waals surface area contributed by atoms with Gasteiger partial charge in [-0.1, -0.05) is 12.1 Å². The van der Waals surface area contributed by atoms with Gasteiger partial charge in [0.1, 0.15) is 17.2 Å². The number of ether oxygens (including phenoxy) is 2. The maximum atomic E-state index is 11.7. The van der Waals surface area contributed by atoms with E-state index in [1.807, 2.05) is 18.2 Å². The van der Waals surface area contributed by atoms with Crippen molar-refractivity contribution in [2.45, 2.75) is 6.92 Å². The number of nitrogens with zero attached hydrogens (tertiary/aromatic N) is 1. The lowest BCUT2D eigenvalue weighted by Crippen LogP contribution is -1.99. The number of nitrogens with one attached hydrogen (secondary N) is 1. The second-order valence-corrected chi connectivity index (χ2v) is 4.49. The summed E-state index contributed by atoms with van der Waals surface area (Å²) in [6, 6.07) is 5.73. The Balaban J connectivity index is 2.54. The van der Waals surface area contributed by atoms with Gasteiger partial charge in [-0.05, 0) is 6.07 Å². The van der Waals surface area contributed by atoms with Crippen molar-refractivity contribution in [1.82, 2.24) is 9.97 Å². The number of H-pyrrole nitrogens is 1. The number of hydrogen-bond donors (Lipinski definition) is 1. The van der Waals surface area contributed by atoms with Crippen molar-refractivity contribution in [2.75, 3.05) is 14.2 Å². The first-order valence-electron chi connectivity index (χ1n) is 6.19. The molecule has 1 N–H and O–H groups in total. The molecule has 0 aliphatic carbocycles. The van der Waals surface area contributed by atoms with Crippen LogP contribution >= 0.6 is 0 Å². The molecule has 102 valence electrons. The second kappa shape index (κ2) is 4.52. The maximum Gasteiger partial charge on any atom is 0.180 e. The smallest absolute Gasteiger partial charge is 0.180 e. The topological polar surface area (TPSA) is 64.2 Å². The zero-order valence-electron chi connectivity index (χ0n) is 11.5. The van der Waals surface area contributed by atoms with Crippen molar-refractivity contribution < 1.29 is 14.3 Å². The minimum atomic E-state index is -0.0943. The molecule has 2 heterocycles. The Morgan fingerprint density at radius 1 is 1.15 bits per heavy atom. The zero-order valence-corrected chi connectivity index (χ0v) is 11.5. The Kier molecular flexibility index (Phi) is 2.82. The van der Waals surface area contributed by atoms with Crippen LogP contribution in [0, 0.1) is 0 Å². The number of ketones is 1. The first kappa shape index (κ1) is 12.5. The van der Waals surface area contributed by atoms with Crippen molar-refractivity contribution in [2.24, 2.45) is 0 Å². The number of fused-ring (bicyclic) bond motifs is 3. The lowest BCUT2D eigenvalue weighted by Gasteiger charge is -2.04. The summed E-state index contributed by atoms with van der Waals surface area (Å²) >= 11 is 0. The van der Waals surface area contributed by atoms with E-state index in [0.29, 0.717) is 17.0 Å².